The average molecular weight is 280 g/mol. The van der Waals surface area contributed by atoms with Crippen LogP contribution >= 0.6 is 0 Å². The molecule has 1 aromatic rings. The Balaban J connectivity index is 2.48. The Bertz CT molecular complexity index is 449. The second-order valence-electron chi connectivity index (χ2n) is 3.95. The highest BCUT2D eigenvalue weighted by atomic mass is 16.5. The van der Waals surface area contributed by atoms with Gasteiger partial charge in [0.25, 0.3) is 5.91 Å². The van der Waals surface area contributed by atoms with Crippen LogP contribution in [0.5, 0.6) is 5.75 Å². The molecule has 0 aliphatic rings. The Morgan fingerprint density at radius 1 is 1.20 bits per heavy atom. The Kier molecular flexibility index (Phi) is 7.13. The van der Waals surface area contributed by atoms with E-state index in [-0.39, 0.29) is 18.4 Å². The number of hydrogen-bond acceptors (Lipinski definition) is 4. The van der Waals surface area contributed by atoms with Gasteiger partial charge in [0.15, 0.2) is 0 Å². The lowest BCUT2D eigenvalue weighted by Gasteiger charge is -2.10. The fourth-order valence-corrected chi connectivity index (χ4v) is 1.55. The summed E-state index contributed by atoms with van der Waals surface area (Å²) in [7, 11) is 1.55. The van der Waals surface area contributed by atoms with E-state index in [0.717, 1.165) is 0 Å². The van der Waals surface area contributed by atoms with Gasteiger partial charge in [-0.1, -0.05) is 12.1 Å². The van der Waals surface area contributed by atoms with E-state index in [4.69, 9.17) is 9.47 Å². The Hall–Kier alpha value is -2.08. The van der Waals surface area contributed by atoms with Gasteiger partial charge in [0, 0.05) is 13.7 Å². The fourth-order valence-electron chi connectivity index (χ4n) is 1.55. The molecule has 6 nitrogen and oxygen atoms in total. The van der Waals surface area contributed by atoms with Crippen LogP contribution in [0.2, 0.25) is 0 Å². The van der Waals surface area contributed by atoms with E-state index in [1.54, 1.807) is 31.4 Å². The van der Waals surface area contributed by atoms with E-state index >= 15 is 0 Å². The van der Waals surface area contributed by atoms with Gasteiger partial charge < -0.3 is 20.1 Å². The molecule has 2 N–H and O–H groups in total. The molecule has 0 unspecified atom stereocenters. The summed E-state index contributed by atoms with van der Waals surface area (Å²) in [4.78, 5) is 23.4. The van der Waals surface area contributed by atoms with Gasteiger partial charge in [0.2, 0.25) is 5.91 Å². The molecule has 0 aromatic heterocycles. The van der Waals surface area contributed by atoms with Crippen LogP contribution in [0.1, 0.15) is 17.3 Å². The van der Waals surface area contributed by atoms with Gasteiger partial charge in [0.1, 0.15) is 5.75 Å². The number of amides is 2. The summed E-state index contributed by atoms with van der Waals surface area (Å²) in [5.41, 5.74) is 0.416. The first-order valence-corrected chi connectivity index (χ1v) is 6.44. The maximum Gasteiger partial charge on any atom is 0.255 e. The average Bonchev–Trinajstić information content (AvgIpc) is 2.46. The fraction of sp³-hybridized carbons (Fsp3) is 0.429. The molecule has 2 amide bonds. The second-order valence-corrected chi connectivity index (χ2v) is 3.95. The van der Waals surface area contributed by atoms with Crippen molar-refractivity contribution in [2.75, 3.05) is 33.4 Å². The predicted octanol–water partition coefficient (Wildman–Crippen LogP) is 0.578. The first-order chi connectivity index (χ1) is 9.69. The molecule has 0 fully saturated rings. The number of nitrogens with one attached hydrogen (secondary N) is 2. The molecule has 0 heterocycles. The van der Waals surface area contributed by atoms with Gasteiger partial charge in [-0.05, 0) is 19.1 Å². The zero-order chi connectivity index (χ0) is 14.8. The van der Waals surface area contributed by atoms with Gasteiger partial charge in [0.05, 0.1) is 25.3 Å². The highest BCUT2D eigenvalue weighted by Gasteiger charge is 2.12. The van der Waals surface area contributed by atoms with Crippen molar-refractivity contribution in [3.05, 3.63) is 29.8 Å². The van der Waals surface area contributed by atoms with Crippen molar-refractivity contribution in [2.45, 2.75) is 6.92 Å². The van der Waals surface area contributed by atoms with Crippen molar-refractivity contribution >= 4 is 11.8 Å². The van der Waals surface area contributed by atoms with Crippen LogP contribution in [-0.4, -0.2) is 45.2 Å². The van der Waals surface area contributed by atoms with Gasteiger partial charge in [-0.25, -0.2) is 0 Å². The van der Waals surface area contributed by atoms with Crippen molar-refractivity contribution in [1.29, 1.82) is 0 Å². The van der Waals surface area contributed by atoms with E-state index in [1.807, 2.05) is 6.92 Å². The molecule has 110 valence electrons. The van der Waals surface area contributed by atoms with E-state index in [1.165, 1.54) is 0 Å². The van der Waals surface area contributed by atoms with E-state index < -0.39 is 0 Å². The molecule has 0 saturated heterocycles. The molecule has 0 radical (unpaired) electrons. The standard InChI is InChI=1S/C14H20N2O4/c1-3-20-12-7-5-4-6-11(12)14(18)16-10-13(17)15-8-9-19-2/h4-7H,3,8-10H2,1-2H3,(H,15,17)(H,16,18). The molecule has 0 atom stereocenters. The summed E-state index contributed by atoms with van der Waals surface area (Å²) in [5, 5.41) is 5.17. The number of rotatable bonds is 8. The lowest BCUT2D eigenvalue weighted by molar-refractivity contribution is -0.120. The van der Waals surface area contributed by atoms with Gasteiger partial charge in [-0.15, -0.1) is 0 Å². The Morgan fingerprint density at radius 2 is 1.95 bits per heavy atom. The zero-order valence-electron chi connectivity index (χ0n) is 11.8. The number of para-hydroxylation sites is 1. The van der Waals surface area contributed by atoms with E-state index in [9.17, 15) is 9.59 Å². The third-order valence-electron chi connectivity index (χ3n) is 2.47. The van der Waals surface area contributed by atoms with Crippen LogP contribution in [0, 0.1) is 0 Å². The van der Waals surface area contributed by atoms with E-state index in [2.05, 4.69) is 10.6 Å². The Morgan fingerprint density at radius 3 is 2.65 bits per heavy atom. The van der Waals surface area contributed by atoms with Crippen LogP contribution in [0.3, 0.4) is 0 Å². The van der Waals surface area contributed by atoms with Crippen molar-refractivity contribution in [3.63, 3.8) is 0 Å². The minimum Gasteiger partial charge on any atom is -0.493 e. The summed E-state index contributed by atoms with van der Waals surface area (Å²) in [6, 6.07) is 6.91. The first kappa shape index (κ1) is 16.0. The van der Waals surface area contributed by atoms with Crippen LogP contribution in [0.25, 0.3) is 0 Å². The minimum atomic E-state index is -0.337. The Labute approximate surface area is 118 Å². The van der Waals surface area contributed by atoms with Crippen molar-refractivity contribution < 1.29 is 19.1 Å². The maximum absolute atomic E-state index is 12.0. The summed E-state index contributed by atoms with van der Waals surface area (Å²) < 4.78 is 10.2. The number of benzene rings is 1. The normalized spacial score (nSPS) is 9.90. The lowest BCUT2D eigenvalue weighted by atomic mass is 10.2. The summed E-state index contributed by atoms with van der Waals surface area (Å²) in [5.74, 6) is -0.0903. The molecule has 0 aliphatic carbocycles. The number of hydrogen-bond donors (Lipinski definition) is 2. The number of methoxy groups -OCH3 is 1. The summed E-state index contributed by atoms with van der Waals surface area (Å²) >= 11 is 0. The second kappa shape index (κ2) is 8.92. The summed E-state index contributed by atoms with van der Waals surface area (Å²) in [6.07, 6.45) is 0. The molecule has 0 bridgehead atoms. The lowest BCUT2D eigenvalue weighted by Crippen LogP contribution is -2.38. The molecule has 1 aromatic carbocycles. The van der Waals surface area contributed by atoms with Crippen LogP contribution < -0.4 is 15.4 Å². The van der Waals surface area contributed by atoms with Crippen LogP contribution in [0.15, 0.2) is 24.3 Å². The molecular weight excluding hydrogens is 260 g/mol. The van der Waals surface area contributed by atoms with Crippen LogP contribution in [0.4, 0.5) is 0 Å². The SMILES string of the molecule is CCOc1ccccc1C(=O)NCC(=O)NCCOC. The summed E-state index contributed by atoms with van der Waals surface area (Å²) in [6.45, 7) is 3.09. The molecule has 1 rings (SSSR count). The van der Waals surface area contributed by atoms with E-state index in [0.29, 0.717) is 31.1 Å². The van der Waals surface area contributed by atoms with Crippen molar-refractivity contribution in [1.82, 2.24) is 10.6 Å². The van der Waals surface area contributed by atoms with Crippen molar-refractivity contribution in [3.8, 4) is 5.75 Å². The highest BCUT2D eigenvalue weighted by molar-refractivity contribution is 5.98. The van der Waals surface area contributed by atoms with Crippen molar-refractivity contribution in [2.24, 2.45) is 0 Å². The monoisotopic (exact) mass is 280 g/mol. The number of carbonyl (C=O) groups is 2. The maximum atomic E-state index is 12.0. The largest absolute Gasteiger partial charge is 0.493 e. The molecule has 20 heavy (non-hydrogen) atoms. The smallest absolute Gasteiger partial charge is 0.255 e. The van der Waals surface area contributed by atoms with Gasteiger partial charge >= 0.3 is 0 Å². The number of ether oxygens (including phenoxy) is 2. The minimum absolute atomic E-state index is 0.0804. The number of carbonyl (C=O) groups excluding carboxylic acids is 2. The third kappa shape index (κ3) is 5.27. The van der Waals surface area contributed by atoms with Gasteiger partial charge in [-0.3, -0.25) is 9.59 Å². The molecule has 6 heteroatoms. The molecule has 0 spiro atoms. The highest BCUT2D eigenvalue weighted by Crippen LogP contribution is 2.17. The molecular formula is C14H20N2O4. The first-order valence-electron chi connectivity index (χ1n) is 6.44. The third-order valence-corrected chi connectivity index (χ3v) is 2.47. The van der Waals surface area contributed by atoms with Crippen LogP contribution in [-0.2, 0) is 9.53 Å². The van der Waals surface area contributed by atoms with Gasteiger partial charge in [-0.2, -0.15) is 0 Å². The zero-order valence-corrected chi connectivity index (χ0v) is 11.8. The molecule has 0 saturated carbocycles. The predicted molar refractivity (Wildman–Crippen MR) is 74.8 cm³/mol. The molecule has 0 aliphatic heterocycles. The topological polar surface area (TPSA) is 76.7 Å². The quantitative estimate of drug-likeness (QED) is 0.683.